The molecule has 3 aromatic rings. The van der Waals surface area contributed by atoms with Crippen LogP contribution in [0.1, 0.15) is 23.6 Å². The topological polar surface area (TPSA) is 41.1 Å². The Morgan fingerprint density at radius 3 is 2.21 bits per heavy atom. The Kier molecular flexibility index (Phi) is 5.53. The molecule has 0 atom stereocenters. The van der Waals surface area contributed by atoms with Gasteiger partial charge in [-0.1, -0.05) is 36.8 Å². The molecule has 3 rings (SSSR count). The quantitative estimate of drug-likeness (QED) is 0.595. The first-order valence-electron chi connectivity index (χ1n) is 8.88. The second kappa shape index (κ2) is 7.88. The van der Waals surface area contributed by atoms with Crippen LogP contribution in [0.15, 0.2) is 54.7 Å². The molecule has 4 nitrogen and oxygen atoms in total. The number of nitrogens with one attached hydrogen (secondary N) is 1. The summed E-state index contributed by atoms with van der Waals surface area (Å²) in [7, 11) is 1.72. The van der Waals surface area contributed by atoms with E-state index in [1.165, 1.54) is 0 Å². The van der Waals surface area contributed by atoms with Gasteiger partial charge in [0.2, 0.25) is 5.95 Å². The van der Waals surface area contributed by atoms with E-state index in [-0.39, 0.29) is 11.8 Å². The Balaban J connectivity index is 1.97. The van der Waals surface area contributed by atoms with E-state index in [9.17, 15) is 13.2 Å². The van der Waals surface area contributed by atoms with E-state index in [0.29, 0.717) is 5.69 Å². The van der Waals surface area contributed by atoms with E-state index in [0.717, 1.165) is 29.4 Å². The summed E-state index contributed by atoms with van der Waals surface area (Å²) in [6.07, 6.45) is -2.89. The molecule has 7 heteroatoms. The molecule has 0 saturated heterocycles. The zero-order chi connectivity index (χ0) is 20.3. The van der Waals surface area contributed by atoms with Crippen LogP contribution >= 0.6 is 0 Å². The lowest BCUT2D eigenvalue weighted by Gasteiger charge is -2.20. The molecule has 1 aromatic heterocycles. The first-order chi connectivity index (χ1) is 13.3. The van der Waals surface area contributed by atoms with Crippen molar-refractivity contribution in [3.8, 4) is 0 Å². The van der Waals surface area contributed by atoms with Gasteiger partial charge in [-0.25, -0.2) is 4.98 Å². The fourth-order valence-corrected chi connectivity index (χ4v) is 2.68. The van der Waals surface area contributed by atoms with Crippen LogP contribution in [-0.4, -0.2) is 17.0 Å². The third kappa shape index (κ3) is 4.42. The van der Waals surface area contributed by atoms with E-state index in [4.69, 9.17) is 0 Å². The zero-order valence-electron chi connectivity index (χ0n) is 15.9. The molecule has 0 aliphatic rings. The summed E-state index contributed by atoms with van der Waals surface area (Å²) in [6.45, 7) is 3.98. The van der Waals surface area contributed by atoms with Gasteiger partial charge in [-0.15, -0.1) is 0 Å². The second-order valence-electron chi connectivity index (χ2n) is 6.50. The summed E-state index contributed by atoms with van der Waals surface area (Å²) in [4.78, 5) is 9.73. The molecule has 1 N–H and O–H groups in total. The molecule has 0 radical (unpaired) electrons. The molecule has 0 spiro atoms. The molecule has 0 fully saturated rings. The average Bonchev–Trinajstić information content (AvgIpc) is 2.68. The number of anilines is 4. The van der Waals surface area contributed by atoms with Crippen LogP contribution in [0.5, 0.6) is 0 Å². The highest BCUT2D eigenvalue weighted by molar-refractivity contribution is 5.64. The Bertz CT molecular complexity index is 935. The van der Waals surface area contributed by atoms with Gasteiger partial charge in [0.15, 0.2) is 0 Å². The summed E-state index contributed by atoms with van der Waals surface area (Å²) in [5, 5.41) is 2.79. The molecule has 0 aliphatic carbocycles. The molecule has 28 heavy (non-hydrogen) atoms. The lowest BCUT2D eigenvalue weighted by molar-refractivity contribution is -0.137. The first kappa shape index (κ1) is 19.7. The zero-order valence-corrected chi connectivity index (χ0v) is 15.9. The van der Waals surface area contributed by atoms with Gasteiger partial charge < -0.3 is 10.2 Å². The number of benzene rings is 2. The number of hydrogen-bond acceptors (Lipinski definition) is 4. The maximum absolute atomic E-state index is 13.4. The molecular formula is C21H21F3N4. The van der Waals surface area contributed by atoms with Gasteiger partial charge in [0.1, 0.15) is 11.4 Å². The predicted molar refractivity (Wildman–Crippen MR) is 105 cm³/mol. The minimum Gasteiger partial charge on any atom is -0.340 e. The van der Waals surface area contributed by atoms with Crippen LogP contribution in [-0.2, 0) is 12.6 Å². The highest BCUT2D eigenvalue weighted by atomic mass is 19.4. The number of halogens is 3. The van der Waals surface area contributed by atoms with Crippen molar-refractivity contribution >= 4 is 23.1 Å². The second-order valence-corrected chi connectivity index (χ2v) is 6.50. The molecule has 0 amide bonds. The van der Waals surface area contributed by atoms with Gasteiger partial charge in [-0.3, -0.25) is 0 Å². The van der Waals surface area contributed by atoms with Crippen LogP contribution in [0.3, 0.4) is 0 Å². The third-order valence-electron chi connectivity index (χ3n) is 4.43. The smallest absolute Gasteiger partial charge is 0.340 e. The summed E-state index contributed by atoms with van der Waals surface area (Å²) >= 11 is 0. The van der Waals surface area contributed by atoms with Crippen molar-refractivity contribution in [3.05, 3.63) is 71.4 Å². The molecule has 0 saturated carbocycles. The molecule has 146 valence electrons. The molecular weight excluding hydrogens is 365 g/mol. The van der Waals surface area contributed by atoms with Crippen LogP contribution in [0, 0.1) is 6.92 Å². The van der Waals surface area contributed by atoms with E-state index >= 15 is 0 Å². The standard InChI is InChI=1S/C21H21F3N4/c1-4-15-7-9-16(10-8-15)26-19-18(21(22,23)24)13-25-20(27-19)28(3)17-11-5-14(2)6-12-17/h5-13H,4H2,1-3H3,(H,25,26,27). The number of aromatic nitrogens is 2. The molecule has 0 aliphatic heterocycles. The Morgan fingerprint density at radius 1 is 1.00 bits per heavy atom. The van der Waals surface area contributed by atoms with E-state index in [2.05, 4.69) is 15.3 Å². The third-order valence-corrected chi connectivity index (χ3v) is 4.43. The SMILES string of the molecule is CCc1ccc(Nc2nc(N(C)c3ccc(C)cc3)ncc2C(F)(F)F)cc1. The lowest BCUT2D eigenvalue weighted by atomic mass is 10.1. The molecule has 2 aromatic carbocycles. The maximum atomic E-state index is 13.4. The normalized spacial score (nSPS) is 11.4. The van der Waals surface area contributed by atoms with Gasteiger partial charge in [0.25, 0.3) is 0 Å². The fraction of sp³-hybridized carbons (Fsp3) is 0.238. The fourth-order valence-electron chi connectivity index (χ4n) is 2.68. The lowest BCUT2D eigenvalue weighted by Crippen LogP contribution is -2.17. The molecule has 0 bridgehead atoms. The molecule has 0 unspecified atom stereocenters. The average molecular weight is 386 g/mol. The summed E-state index contributed by atoms with van der Waals surface area (Å²) < 4.78 is 40.3. The number of alkyl halides is 3. The highest BCUT2D eigenvalue weighted by Crippen LogP contribution is 2.36. The van der Waals surface area contributed by atoms with Crippen molar-refractivity contribution in [2.45, 2.75) is 26.4 Å². The monoisotopic (exact) mass is 386 g/mol. The first-order valence-corrected chi connectivity index (χ1v) is 8.88. The number of rotatable bonds is 5. The largest absolute Gasteiger partial charge is 0.421 e. The highest BCUT2D eigenvalue weighted by Gasteiger charge is 2.35. The van der Waals surface area contributed by atoms with Crippen molar-refractivity contribution < 1.29 is 13.2 Å². The van der Waals surface area contributed by atoms with Gasteiger partial charge in [-0.2, -0.15) is 18.2 Å². The van der Waals surface area contributed by atoms with Crippen molar-refractivity contribution in [2.75, 3.05) is 17.3 Å². The Hall–Kier alpha value is -3.09. The van der Waals surface area contributed by atoms with Crippen molar-refractivity contribution in [1.29, 1.82) is 0 Å². The maximum Gasteiger partial charge on any atom is 0.421 e. The minimum atomic E-state index is -4.56. The number of hydrogen-bond donors (Lipinski definition) is 1. The Labute approximate surface area is 162 Å². The number of nitrogens with zero attached hydrogens (tertiary/aromatic N) is 3. The Morgan fingerprint density at radius 2 is 1.64 bits per heavy atom. The summed E-state index contributed by atoms with van der Waals surface area (Å²) in [6, 6.07) is 14.8. The van der Waals surface area contributed by atoms with Gasteiger partial charge in [-0.05, 0) is 43.2 Å². The molecule has 1 heterocycles. The van der Waals surface area contributed by atoms with E-state index in [1.54, 1.807) is 24.1 Å². The van der Waals surface area contributed by atoms with Crippen molar-refractivity contribution in [1.82, 2.24) is 9.97 Å². The van der Waals surface area contributed by atoms with Gasteiger partial charge in [0, 0.05) is 24.6 Å². The summed E-state index contributed by atoms with van der Waals surface area (Å²) in [5.74, 6) is -0.106. The van der Waals surface area contributed by atoms with Crippen molar-refractivity contribution in [3.63, 3.8) is 0 Å². The van der Waals surface area contributed by atoms with Crippen LogP contribution < -0.4 is 10.2 Å². The van der Waals surface area contributed by atoms with Gasteiger partial charge in [0.05, 0.1) is 0 Å². The van der Waals surface area contributed by atoms with Crippen molar-refractivity contribution in [2.24, 2.45) is 0 Å². The van der Waals surface area contributed by atoms with Gasteiger partial charge >= 0.3 is 6.18 Å². The van der Waals surface area contributed by atoms with Crippen LogP contribution in [0.25, 0.3) is 0 Å². The minimum absolute atomic E-state index is 0.171. The van der Waals surface area contributed by atoms with Crippen LogP contribution in [0.4, 0.5) is 36.3 Å². The number of aryl methyl sites for hydroxylation is 2. The predicted octanol–water partition coefficient (Wildman–Crippen LogP) is 5.88. The van der Waals surface area contributed by atoms with E-state index < -0.39 is 11.7 Å². The summed E-state index contributed by atoms with van der Waals surface area (Å²) in [5.41, 5.74) is 2.59. The van der Waals surface area contributed by atoms with Crippen LogP contribution in [0.2, 0.25) is 0 Å². The van der Waals surface area contributed by atoms with E-state index in [1.807, 2.05) is 50.2 Å².